The Hall–Kier alpha value is -0.600. The largest absolute Gasteiger partial charge is 0.378 e. The summed E-state index contributed by atoms with van der Waals surface area (Å²) in [6, 6.07) is 4.16. The summed E-state index contributed by atoms with van der Waals surface area (Å²) in [5, 5.41) is 3.30. The second-order valence-corrected chi connectivity index (χ2v) is 5.67. The molecule has 0 bridgehead atoms. The summed E-state index contributed by atoms with van der Waals surface area (Å²) < 4.78 is 11.9. The van der Waals surface area contributed by atoms with Crippen LogP contribution >= 0.6 is 22.6 Å². The predicted octanol–water partition coefficient (Wildman–Crippen LogP) is 1.68. The Morgan fingerprint density at radius 3 is 2.72 bits per heavy atom. The van der Waals surface area contributed by atoms with Crippen LogP contribution in [0.2, 0.25) is 0 Å². The Labute approximate surface area is 120 Å². The van der Waals surface area contributed by atoms with Crippen molar-refractivity contribution in [2.75, 3.05) is 43.1 Å². The van der Waals surface area contributed by atoms with E-state index in [-0.39, 0.29) is 6.23 Å². The highest BCUT2D eigenvalue weighted by molar-refractivity contribution is 14.1. The van der Waals surface area contributed by atoms with E-state index < -0.39 is 0 Å². The number of ether oxygens (including phenoxy) is 2. The van der Waals surface area contributed by atoms with Crippen LogP contribution in [0.1, 0.15) is 6.42 Å². The van der Waals surface area contributed by atoms with Crippen LogP contribution in [-0.4, -0.2) is 44.1 Å². The van der Waals surface area contributed by atoms with E-state index in [1.807, 2.05) is 6.07 Å². The molecule has 2 saturated heterocycles. The summed E-state index contributed by atoms with van der Waals surface area (Å²) in [5.74, 6) is 1.92. The topological polar surface area (TPSA) is 46.6 Å². The number of anilines is 2. The lowest BCUT2D eigenvalue weighted by atomic mass is 10.3. The average molecular weight is 361 g/mol. The van der Waals surface area contributed by atoms with Gasteiger partial charge < -0.3 is 19.7 Å². The molecular formula is C12H16IN3O2. The first kappa shape index (κ1) is 12.4. The first-order valence-electron chi connectivity index (χ1n) is 6.20. The van der Waals surface area contributed by atoms with Gasteiger partial charge in [0, 0.05) is 23.1 Å². The maximum absolute atomic E-state index is 5.37. The number of halogens is 1. The average Bonchev–Trinajstić information content (AvgIpc) is 2.34. The van der Waals surface area contributed by atoms with Crippen LogP contribution in [0.5, 0.6) is 0 Å². The van der Waals surface area contributed by atoms with Crippen molar-refractivity contribution in [2.45, 2.75) is 12.6 Å². The molecule has 1 atom stereocenters. The van der Waals surface area contributed by atoms with Crippen molar-refractivity contribution in [1.82, 2.24) is 4.98 Å². The molecule has 2 aliphatic heterocycles. The van der Waals surface area contributed by atoms with Crippen LogP contribution in [0.15, 0.2) is 12.1 Å². The number of nitrogens with one attached hydrogen (secondary N) is 1. The molecule has 3 heterocycles. The van der Waals surface area contributed by atoms with Crippen molar-refractivity contribution in [3.63, 3.8) is 0 Å². The van der Waals surface area contributed by atoms with Crippen molar-refractivity contribution in [3.8, 4) is 0 Å². The van der Waals surface area contributed by atoms with E-state index in [1.165, 1.54) is 3.57 Å². The first-order valence-corrected chi connectivity index (χ1v) is 7.27. The van der Waals surface area contributed by atoms with Gasteiger partial charge in [0.15, 0.2) is 0 Å². The van der Waals surface area contributed by atoms with Gasteiger partial charge in [0.2, 0.25) is 0 Å². The zero-order chi connectivity index (χ0) is 12.4. The Balaban J connectivity index is 1.75. The van der Waals surface area contributed by atoms with Gasteiger partial charge in [-0.15, -0.1) is 0 Å². The molecule has 0 spiro atoms. The number of nitrogens with zero attached hydrogens (tertiary/aromatic N) is 2. The van der Waals surface area contributed by atoms with Crippen LogP contribution in [-0.2, 0) is 9.47 Å². The summed E-state index contributed by atoms with van der Waals surface area (Å²) in [5.41, 5.74) is 0. The maximum Gasteiger partial charge on any atom is 0.132 e. The quantitative estimate of drug-likeness (QED) is 0.831. The summed E-state index contributed by atoms with van der Waals surface area (Å²) in [6.45, 7) is 4.22. The Morgan fingerprint density at radius 2 is 2.06 bits per heavy atom. The van der Waals surface area contributed by atoms with Crippen molar-refractivity contribution in [2.24, 2.45) is 0 Å². The fourth-order valence-corrected chi connectivity index (χ4v) is 2.60. The molecule has 18 heavy (non-hydrogen) atoms. The minimum Gasteiger partial charge on any atom is -0.378 e. The van der Waals surface area contributed by atoms with E-state index in [0.29, 0.717) is 0 Å². The highest BCUT2D eigenvalue weighted by Gasteiger charge is 2.19. The number of aromatic nitrogens is 1. The Morgan fingerprint density at radius 1 is 1.28 bits per heavy atom. The normalized spacial score (nSPS) is 23.6. The van der Waals surface area contributed by atoms with Crippen LogP contribution in [0.4, 0.5) is 11.6 Å². The van der Waals surface area contributed by atoms with Crippen LogP contribution in [0, 0.1) is 3.57 Å². The van der Waals surface area contributed by atoms with Crippen LogP contribution in [0.25, 0.3) is 0 Å². The SMILES string of the molecule is Ic1cc(NC2CCO2)nc(N2CCOCC2)c1. The minimum absolute atomic E-state index is 0.133. The number of hydrogen-bond acceptors (Lipinski definition) is 5. The fraction of sp³-hybridized carbons (Fsp3) is 0.583. The molecule has 0 aromatic carbocycles. The fourth-order valence-electron chi connectivity index (χ4n) is 2.03. The lowest BCUT2D eigenvalue weighted by molar-refractivity contribution is -0.0315. The van der Waals surface area contributed by atoms with Gasteiger partial charge in [-0.25, -0.2) is 4.98 Å². The number of morpholine rings is 1. The lowest BCUT2D eigenvalue weighted by Crippen LogP contribution is -2.37. The van der Waals surface area contributed by atoms with E-state index in [2.05, 4.69) is 43.9 Å². The molecule has 2 fully saturated rings. The lowest BCUT2D eigenvalue weighted by Gasteiger charge is -2.30. The first-order chi connectivity index (χ1) is 8.81. The van der Waals surface area contributed by atoms with E-state index in [4.69, 9.17) is 9.47 Å². The molecule has 3 rings (SSSR count). The molecule has 0 saturated carbocycles. The van der Waals surface area contributed by atoms with Gasteiger partial charge in [-0.2, -0.15) is 0 Å². The third kappa shape index (κ3) is 2.86. The van der Waals surface area contributed by atoms with Crippen molar-refractivity contribution >= 4 is 34.2 Å². The molecule has 6 heteroatoms. The highest BCUT2D eigenvalue weighted by Crippen LogP contribution is 2.22. The molecule has 1 aromatic rings. The maximum atomic E-state index is 5.37. The number of hydrogen-bond donors (Lipinski definition) is 1. The van der Waals surface area contributed by atoms with Crippen molar-refractivity contribution in [1.29, 1.82) is 0 Å². The van der Waals surface area contributed by atoms with Gasteiger partial charge in [0.1, 0.15) is 17.9 Å². The van der Waals surface area contributed by atoms with Gasteiger partial charge in [-0.3, -0.25) is 0 Å². The second kappa shape index (κ2) is 5.58. The van der Waals surface area contributed by atoms with Gasteiger partial charge in [0.25, 0.3) is 0 Å². The summed E-state index contributed by atoms with van der Waals surface area (Å²) in [7, 11) is 0. The molecule has 0 radical (unpaired) electrons. The Bertz CT molecular complexity index is 420. The zero-order valence-corrected chi connectivity index (χ0v) is 12.2. The predicted molar refractivity (Wildman–Crippen MR) is 78.0 cm³/mol. The van der Waals surface area contributed by atoms with Crippen molar-refractivity contribution in [3.05, 3.63) is 15.7 Å². The molecule has 1 unspecified atom stereocenters. The Kier molecular flexibility index (Phi) is 3.86. The standard InChI is InChI=1S/C12H16IN3O2/c13-9-7-10(15-12-1-4-18-12)14-11(8-9)16-2-5-17-6-3-16/h7-8,12H,1-6H2,(H,14,15). The van der Waals surface area contributed by atoms with E-state index in [0.717, 1.165) is 51.0 Å². The molecule has 98 valence electrons. The second-order valence-electron chi connectivity index (χ2n) is 4.42. The number of rotatable bonds is 3. The molecule has 0 aliphatic carbocycles. The smallest absolute Gasteiger partial charge is 0.132 e. The third-order valence-corrected chi connectivity index (χ3v) is 3.74. The molecule has 5 nitrogen and oxygen atoms in total. The van der Waals surface area contributed by atoms with E-state index >= 15 is 0 Å². The molecule has 0 amide bonds. The minimum atomic E-state index is 0.133. The summed E-state index contributed by atoms with van der Waals surface area (Å²) >= 11 is 2.33. The molecule has 1 N–H and O–H groups in total. The monoisotopic (exact) mass is 361 g/mol. The van der Waals surface area contributed by atoms with Gasteiger partial charge in [-0.1, -0.05) is 0 Å². The zero-order valence-electron chi connectivity index (χ0n) is 10.1. The van der Waals surface area contributed by atoms with Gasteiger partial charge in [0.05, 0.1) is 19.8 Å². The molecular weight excluding hydrogens is 345 g/mol. The summed E-state index contributed by atoms with van der Waals surface area (Å²) in [4.78, 5) is 6.92. The van der Waals surface area contributed by atoms with E-state index in [9.17, 15) is 0 Å². The number of pyridine rings is 1. The molecule has 2 aliphatic rings. The van der Waals surface area contributed by atoms with Crippen LogP contribution < -0.4 is 10.2 Å². The van der Waals surface area contributed by atoms with Gasteiger partial charge in [-0.05, 0) is 34.7 Å². The third-order valence-electron chi connectivity index (χ3n) is 3.12. The van der Waals surface area contributed by atoms with E-state index in [1.54, 1.807) is 0 Å². The highest BCUT2D eigenvalue weighted by atomic mass is 127. The summed E-state index contributed by atoms with van der Waals surface area (Å²) in [6.07, 6.45) is 1.19. The van der Waals surface area contributed by atoms with Crippen LogP contribution in [0.3, 0.4) is 0 Å². The van der Waals surface area contributed by atoms with Gasteiger partial charge >= 0.3 is 0 Å². The van der Waals surface area contributed by atoms with Crippen molar-refractivity contribution < 1.29 is 9.47 Å². The molecule has 1 aromatic heterocycles.